The van der Waals surface area contributed by atoms with Crippen LogP contribution in [0.2, 0.25) is 0 Å². The van der Waals surface area contributed by atoms with Crippen molar-refractivity contribution < 1.29 is 8.42 Å². The second-order valence-electron chi connectivity index (χ2n) is 4.07. The van der Waals surface area contributed by atoms with Gasteiger partial charge in [-0.3, -0.25) is 4.31 Å². The Kier molecular flexibility index (Phi) is 4.34. The van der Waals surface area contributed by atoms with E-state index < -0.39 is 10.0 Å². The summed E-state index contributed by atoms with van der Waals surface area (Å²) in [5.74, 6) is 0.821. The Morgan fingerprint density at radius 1 is 1.41 bits per heavy atom. The molecular weight excluding hydrogens is 238 g/mol. The van der Waals surface area contributed by atoms with Crippen LogP contribution in [0.15, 0.2) is 18.3 Å². The van der Waals surface area contributed by atoms with E-state index >= 15 is 0 Å². The van der Waals surface area contributed by atoms with E-state index in [0.717, 1.165) is 5.82 Å². The monoisotopic (exact) mass is 257 g/mol. The summed E-state index contributed by atoms with van der Waals surface area (Å²) in [6, 6.07) is 3.81. The van der Waals surface area contributed by atoms with Crippen LogP contribution in [0.4, 0.5) is 11.5 Å². The summed E-state index contributed by atoms with van der Waals surface area (Å²) in [4.78, 5) is 4.17. The lowest BCUT2D eigenvalue weighted by atomic mass is 10.3. The van der Waals surface area contributed by atoms with Crippen LogP contribution in [0.1, 0.15) is 20.8 Å². The molecule has 0 unspecified atom stereocenters. The second-order valence-corrected chi connectivity index (χ2v) is 6.36. The summed E-state index contributed by atoms with van der Waals surface area (Å²) in [7, 11) is -1.68. The fraction of sp³-hybridized carbons (Fsp3) is 0.545. The number of nitrogens with zero attached hydrogens (tertiary/aromatic N) is 2. The van der Waals surface area contributed by atoms with Gasteiger partial charge in [0.2, 0.25) is 10.0 Å². The molecule has 1 aromatic heterocycles. The van der Waals surface area contributed by atoms with E-state index in [1.807, 2.05) is 13.8 Å². The molecule has 0 saturated carbocycles. The number of hydrogen-bond donors (Lipinski definition) is 1. The highest BCUT2D eigenvalue weighted by molar-refractivity contribution is 7.92. The highest BCUT2D eigenvalue weighted by Crippen LogP contribution is 2.17. The van der Waals surface area contributed by atoms with Gasteiger partial charge >= 0.3 is 0 Å². The highest BCUT2D eigenvalue weighted by atomic mass is 32.2. The van der Waals surface area contributed by atoms with Gasteiger partial charge in [-0.15, -0.1) is 0 Å². The maximum absolute atomic E-state index is 11.6. The zero-order chi connectivity index (χ0) is 13.1. The normalized spacial score (nSPS) is 11.6. The van der Waals surface area contributed by atoms with E-state index in [9.17, 15) is 8.42 Å². The molecule has 5 nitrogen and oxygen atoms in total. The first kappa shape index (κ1) is 13.8. The van der Waals surface area contributed by atoms with Crippen molar-refractivity contribution >= 4 is 21.5 Å². The van der Waals surface area contributed by atoms with Gasteiger partial charge in [0.1, 0.15) is 5.82 Å². The molecule has 0 aromatic carbocycles. The Labute approximate surface area is 103 Å². The van der Waals surface area contributed by atoms with E-state index in [2.05, 4.69) is 10.3 Å². The molecule has 1 aromatic rings. The van der Waals surface area contributed by atoms with Gasteiger partial charge in [0.15, 0.2) is 0 Å². The third kappa shape index (κ3) is 3.59. The number of hydrogen-bond acceptors (Lipinski definition) is 4. The van der Waals surface area contributed by atoms with Gasteiger partial charge < -0.3 is 5.32 Å². The van der Waals surface area contributed by atoms with Gasteiger partial charge in [0.05, 0.1) is 17.6 Å². The maximum atomic E-state index is 11.6. The van der Waals surface area contributed by atoms with Crippen LogP contribution in [-0.4, -0.2) is 32.2 Å². The van der Waals surface area contributed by atoms with Crippen molar-refractivity contribution in [3.05, 3.63) is 18.3 Å². The van der Waals surface area contributed by atoms with Crippen LogP contribution >= 0.6 is 0 Å². The van der Waals surface area contributed by atoms with Gasteiger partial charge in [-0.1, -0.05) is 0 Å². The molecule has 0 amide bonds. The van der Waals surface area contributed by atoms with E-state index in [0.29, 0.717) is 11.7 Å². The Morgan fingerprint density at radius 3 is 2.47 bits per heavy atom. The lowest BCUT2D eigenvalue weighted by Gasteiger charge is -2.18. The summed E-state index contributed by atoms with van der Waals surface area (Å²) in [5.41, 5.74) is 0.571. The molecule has 6 heteroatoms. The van der Waals surface area contributed by atoms with Crippen LogP contribution in [0.3, 0.4) is 0 Å². The lowest BCUT2D eigenvalue weighted by molar-refractivity contribution is 0.595. The molecule has 96 valence electrons. The minimum Gasteiger partial charge on any atom is -0.368 e. The Balaban J connectivity index is 2.88. The number of rotatable bonds is 5. The Bertz CT molecular complexity index is 454. The van der Waals surface area contributed by atoms with E-state index in [1.165, 1.54) is 11.4 Å². The van der Waals surface area contributed by atoms with Crippen LogP contribution in [0.5, 0.6) is 0 Å². The van der Waals surface area contributed by atoms with E-state index in [4.69, 9.17) is 0 Å². The third-order valence-corrected chi connectivity index (χ3v) is 4.11. The summed E-state index contributed by atoms with van der Waals surface area (Å²) in [6.07, 6.45) is 1.55. The predicted molar refractivity (Wildman–Crippen MR) is 70.9 cm³/mol. The molecule has 0 radical (unpaired) electrons. The minimum atomic E-state index is -3.21. The average molecular weight is 257 g/mol. The van der Waals surface area contributed by atoms with Gasteiger partial charge in [-0.25, -0.2) is 13.4 Å². The van der Waals surface area contributed by atoms with Gasteiger partial charge in [-0.2, -0.15) is 0 Å². The summed E-state index contributed by atoms with van der Waals surface area (Å²) < 4.78 is 24.5. The standard InChI is InChI=1S/C11H19N3O2S/c1-5-17(15,16)14(4)10-6-7-11(12-8-10)13-9(2)3/h6-9H,5H2,1-4H3,(H,12,13). The fourth-order valence-electron chi connectivity index (χ4n) is 1.31. The molecular formula is C11H19N3O2S. The van der Waals surface area contributed by atoms with Crippen molar-refractivity contribution in [2.75, 3.05) is 22.4 Å². The molecule has 1 N–H and O–H groups in total. The Morgan fingerprint density at radius 2 is 2.06 bits per heavy atom. The molecule has 0 saturated heterocycles. The number of pyridine rings is 1. The molecule has 0 aliphatic rings. The van der Waals surface area contributed by atoms with E-state index in [1.54, 1.807) is 25.3 Å². The second kappa shape index (κ2) is 5.35. The molecule has 1 rings (SSSR count). The molecule has 0 fully saturated rings. The molecule has 0 aliphatic carbocycles. The zero-order valence-electron chi connectivity index (χ0n) is 10.6. The molecule has 0 spiro atoms. The number of aromatic nitrogens is 1. The summed E-state index contributed by atoms with van der Waals surface area (Å²) >= 11 is 0. The SMILES string of the molecule is CCS(=O)(=O)N(C)c1ccc(NC(C)C)nc1. The zero-order valence-corrected chi connectivity index (χ0v) is 11.5. The molecule has 1 heterocycles. The predicted octanol–water partition coefficient (Wildman–Crippen LogP) is 1.69. The molecule has 17 heavy (non-hydrogen) atoms. The number of sulfonamides is 1. The van der Waals surface area contributed by atoms with Crippen molar-refractivity contribution in [2.45, 2.75) is 26.8 Å². The first-order chi connectivity index (χ1) is 7.86. The van der Waals surface area contributed by atoms with Crippen molar-refractivity contribution in [3.8, 4) is 0 Å². The largest absolute Gasteiger partial charge is 0.368 e. The third-order valence-electron chi connectivity index (χ3n) is 2.33. The minimum absolute atomic E-state index is 0.0789. The van der Waals surface area contributed by atoms with Gasteiger partial charge in [0, 0.05) is 13.1 Å². The average Bonchev–Trinajstić information content (AvgIpc) is 2.28. The van der Waals surface area contributed by atoms with Crippen LogP contribution in [0, 0.1) is 0 Å². The molecule has 0 atom stereocenters. The quantitative estimate of drug-likeness (QED) is 0.872. The van der Waals surface area contributed by atoms with Crippen molar-refractivity contribution in [1.29, 1.82) is 0 Å². The van der Waals surface area contributed by atoms with Crippen LogP contribution in [-0.2, 0) is 10.0 Å². The number of anilines is 2. The Hall–Kier alpha value is -1.30. The van der Waals surface area contributed by atoms with Crippen LogP contribution in [0.25, 0.3) is 0 Å². The maximum Gasteiger partial charge on any atom is 0.234 e. The smallest absolute Gasteiger partial charge is 0.234 e. The van der Waals surface area contributed by atoms with Crippen LogP contribution < -0.4 is 9.62 Å². The molecule has 0 bridgehead atoms. The first-order valence-electron chi connectivity index (χ1n) is 5.56. The van der Waals surface area contributed by atoms with Crippen molar-refractivity contribution in [2.24, 2.45) is 0 Å². The van der Waals surface area contributed by atoms with Crippen molar-refractivity contribution in [3.63, 3.8) is 0 Å². The van der Waals surface area contributed by atoms with E-state index in [-0.39, 0.29) is 5.75 Å². The number of nitrogens with one attached hydrogen (secondary N) is 1. The van der Waals surface area contributed by atoms with Gasteiger partial charge in [0.25, 0.3) is 0 Å². The topological polar surface area (TPSA) is 62.3 Å². The molecule has 0 aliphatic heterocycles. The highest BCUT2D eigenvalue weighted by Gasteiger charge is 2.15. The van der Waals surface area contributed by atoms with Crippen molar-refractivity contribution in [1.82, 2.24) is 4.98 Å². The summed E-state index contributed by atoms with van der Waals surface area (Å²) in [6.45, 7) is 5.65. The summed E-state index contributed by atoms with van der Waals surface area (Å²) in [5, 5.41) is 3.14. The lowest BCUT2D eigenvalue weighted by Crippen LogP contribution is -2.28. The van der Waals surface area contributed by atoms with Gasteiger partial charge in [-0.05, 0) is 32.9 Å². The first-order valence-corrected chi connectivity index (χ1v) is 7.17. The fourth-order valence-corrected chi connectivity index (χ4v) is 2.12.